The van der Waals surface area contributed by atoms with Crippen LogP contribution in [0.2, 0.25) is 0 Å². The molecule has 0 aliphatic heterocycles. The second kappa shape index (κ2) is 15.1. The van der Waals surface area contributed by atoms with Gasteiger partial charge >= 0.3 is 313 Å². The van der Waals surface area contributed by atoms with E-state index >= 15 is 0 Å². The summed E-state index contributed by atoms with van der Waals surface area (Å²) >= 11 is 4.69. The molecule has 0 spiro atoms. The molecule has 0 radical (unpaired) electrons. The van der Waals surface area contributed by atoms with Gasteiger partial charge in [0.15, 0.2) is 0 Å². The Hall–Kier alpha value is -2.69. The van der Waals surface area contributed by atoms with Crippen molar-refractivity contribution in [3.63, 3.8) is 0 Å². The van der Waals surface area contributed by atoms with E-state index in [1.807, 2.05) is 41.5 Å². The van der Waals surface area contributed by atoms with Gasteiger partial charge in [0, 0.05) is 0 Å². The maximum atomic E-state index is 14.4. The van der Waals surface area contributed by atoms with E-state index in [2.05, 4.69) is 145 Å². The first-order valence-electron chi connectivity index (χ1n) is 18.0. The van der Waals surface area contributed by atoms with Crippen molar-refractivity contribution in [1.82, 2.24) is 10.6 Å². The fourth-order valence-electron chi connectivity index (χ4n) is 6.38. The molecule has 3 aromatic rings. The summed E-state index contributed by atoms with van der Waals surface area (Å²) in [6.45, 7) is 29.4. The number of halogens is 1. The van der Waals surface area contributed by atoms with Crippen molar-refractivity contribution in [3.05, 3.63) is 95.6 Å². The molecule has 7 heteroatoms. The van der Waals surface area contributed by atoms with Crippen molar-refractivity contribution < 1.29 is 14.3 Å². The molecule has 3 rings (SSSR count). The van der Waals surface area contributed by atoms with Crippen molar-refractivity contribution >= 4 is 43.4 Å². The van der Waals surface area contributed by atoms with Crippen LogP contribution >= 0.6 is 20.8 Å². The van der Waals surface area contributed by atoms with E-state index < -0.39 is 28.5 Å². The predicted octanol–water partition coefficient (Wildman–Crippen LogP) is 10.4. The Bertz CT molecular complexity index is 1540. The number of hydrogen-bond donors (Lipinski definition) is 2. The van der Waals surface area contributed by atoms with Gasteiger partial charge in [0.1, 0.15) is 0 Å². The zero-order valence-electron chi connectivity index (χ0n) is 33.2. The van der Waals surface area contributed by atoms with E-state index in [9.17, 15) is 9.59 Å². The molecule has 2 atom stereocenters. The first-order valence-corrected chi connectivity index (χ1v) is 22.6. The van der Waals surface area contributed by atoms with Crippen molar-refractivity contribution in [1.29, 1.82) is 0 Å². The van der Waals surface area contributed by atoms with Gasteiger partial charge in [0.25, 0.3) is 0 Å². The summed E-state index contributed by atoms with van der Waals surface area (Å²) < 4.78 is 5.58. The number of hydrogen-bond acceptors (Lipinski definition) is 3. The normalized spacial score (nSPS) is 15.1. The molecule has 3 aromatic carbocycles. The molecule has 0 saturated carbocycles. The topological polar surface area (TPSA) is 67.4 Å². The zero-order chi connectivity index (χ0) is 37.9. The van der Waals surface area contributed by atoms with Gasteiger partial charge in [-0.05, 0) is 0 Å². The summed E-state index contributed by atoms with van der Waals surface area (Å²) in [5, 5.41) is 5.50. The van der Waals surface area contributed by atoms with E-state index in [-0.39, 0.29) is 28.7 Å². The first kappa shape index (κ1) is 41.7. The van der Waals surface area contributed by atoms with Crippen LogP contribution in [0.4, 0.5) is 4.79 Å². The van der Waals surface area contributed by atoms with Crippen molar-refractivity contribution in [3.8, 4) is 0 Å². The molecule has 50 heavy (non-hydrogen) atoms. The minimum absolute atomic E-state index is 0.0319. The van der Waals surface area contributed by atoms with E-state index in [1.165, 1.54) is 27.3 Å². The third-order valence-electron chi connectivity index (χ3n) is 9.43. The van der Waals surface area contributed by atoms with Gasteiger partial charge in [-0.3, -0.25) is 0 Å². The number of carbonyl (C=O) groups is 2. The fraction of sp³-hybridized carbons (Fsp3) is 0.535. The number of ether oxygens (including phenoxy) is 1. The summed E-state index contributed by atoms with van der Waals surface area (Å²) in [5.41, 5.74) is 2.60. The molecular formula is C43H64BrN2O3P. The standard InChI is InChI=1S/C43H64BrN2O3P/c1-30(2)36(45-38(47)37(42(9,10)11)46-39(48)49-43(12,13)14)29-50(44,34-21-17-15-18-22-34,35-23-19-16-20-24-35)28-31-25-32(40(3,4)5)27-33(26-31)41(6,7)8/h15-27,30,36-37H,28-29H2,1-14H3,(H,45,47)(H,46,48)/t36-,37?/m1/s1. The van der Waals surface area contributed by atoms with Crippen molar-refractivity contribution in [2.75, 3.05) is 6.16 Å². The van der Waals surface area contributed by atoms with Crippen LogP contribution in [0.1, 0.15) is 114 Å². The average molecular weight is 768 g/mol. The third-order valence-corrected chi connectivity index (χ3v) is 18.7. The number of nitrogens with one attached hydrogen (secondary N) is 2. The number of rotatable bonds is 10. The number of amides is 2. The molecule has 0 saturated heterocycles. The van der Waals surface area contributed by atoms with Gasteiger partial charge in [0.2, 0.25) is 0 Å². The summed E-state index contributed by atoms with van der Waals surface area (Å²) in [6.07, 6.45) is 0.845. The molecule has 5 nitrogen and oxygen atoms in total. The van der Waals surface area contributed by atoms with Crippen LogP contribution in [0.25, 0.3) is 0 Å². The molecule has 0 bridgehead atoms. The molecule has 0 heterocycles. The van der Waals surface area contributed by atoms with E-state index in [0.717, 1.165) is 6.16 Å². The molecule has 2 N–H and O–H groups in total. The molecule has 0 fully saturated rings. The number of alkyl carbamates (subject to hydrolysis) is 1. The van der Waals surface area contributed by atoms with E-state index in [4.69, 9.17) is 20.2 Å². The van der Waals surface area contributed by atoms with Gasteiger partial charge in [-0.25, -0.2) is 0 Å². The summed E-state index contributed by atoms with van der Waals surface area (Å²) in [5.74, 6) is -0.121. The van der Waals surface area contributed by atoms with Crippen LogP contribution in [-0.2, 0) is 26.5 Å². The van der Waals surface area contributed by atoms with Crippen molar-refractivity contribution in [2.24, 2.45) is 11.3 Å². The average Bonchev–Trinajstić information content (AvgIpc) is 2.98. The Morgan fingerprint density at radius 2 is 1.14 bits per heavy atom. The first-order chi connectivity index (χ1) is 22.7. The molecule has 0 aromatic heterocycles. The second-order valence-electron chi connectivity index (χ2n) is 18.6. The number of carbonyl (C=O) groups excluding carboxylic acids is 2. The van der Waals surface area contributed by atoms with Crippen LogP contribution in [0.5, 0.6) is 0 Å². The Morgan fingerprint density at radius 3 is 1.50 bits per heavy atom. The van der Waals surface area contributed by atoms with E-state index in [0.29, 0.717) is 6.16 Å². The Kier molecular flexibility index (Phi) is 12.6. The molecule has 0 aliphatic rings. The summed E-state index contributed by atoms with van der Waals surface area (Å²) in [6, 6.07) is 27.8. The minimum atomic E-state index is -3.34. The van der Waals surface area contributed by atoms with Crippen LogP contribution in [0.3, 0.4) is 0 Å². The van der Waals surface area contributed by atoms with Crippen LogP contribution in [-0.4, -0.2) is 35.8 Å². The van der Waals surface area contributed by atoms with Crippen LogP contribution in [0, 0.1) is 11.3 Å². The second-order valence-corrected chi connectivity index (χ2v) is 28.2. The Morgan fingerprint density at radius 1 is 0.700 bits per heavy atom. The van der Waals surface area contributed by atoms with Gasteiger partial charge in [-0.2, -0.15) is 0 Å². The quantitative estimate of drug-likeness (QED) is 0.202. The molecule has 1 unspecified atom stereocenters. The maximum absolute atomic E-state index is 14.4. The van der Waals surface area contributed by atoms with Gasteiger partial charge in [0.05, 0.1) is 0 Å². The fourth-order valence-corrected chi connectivity index (χ4v) is 14.8. The summed E-state index contributed by atoms with van der Waals surface area (Å²) in [7, 11) is 0. The van der Waals surface area contributed by atoms with Crippen molar-refractivity contribution in [2.45, 2.75) is 132 Å². The molecular weight excluding hydrogens is 703 g/mol. The SMILES string of the molecule is CC(C)[C@@H](CP(Br)(Cc1cc(C(C)(C)C)cc(C(C)(C)C)c1)(c1ccccc1)c1ccccc1)NC(=O)C(NC(=O)OC(C)(C)C)C(C)(C)C. The third kappa shape index (κ3) is 10.4. The van der Waals surface area contributed by atoms with E-state index in [1.54, 1.807) is 0 Å². The summed E-state index contributed by atoms with van der Waals surface area (Å²) in [4.78, 5) is 27.3. The molecule has 276 valence electrons. The van der Waals surface area contributed by atoms with Gasteiger partial charge < -0.3 is 0 Å². The monoisotopic (exact) mass is 766 g/mol. The predicted molar refractivity (Wildman–Crippen MR) is 220 cm³/mol. The van der Waals surface area contributed by atoms with Crippen LogP contribution < -0.4 is 21.2 Å². The van der Waals surface area contributed by atoms with Crippen LogP contribution in [0.15, 0.2) is 78.9 Å². The molecule has 2 amide bonds. The molecule has 0 aliphatic carbocycles. The van der Waals surface area contributed by atoms with Gasteiger partial charge in [-0.15, -0.1) is 0 Å². The van der Waals surface area contributed by atoms with Gasteiger partial charge in [-0.1, -0.05) is 0 Å². The number of benzene rings is 3. The zero-order valence-corrected chi connectivity index (χ0v) is 35.7. The Balaban J connectivity index is 2.27. The Labute approximate surface area is 311 Å².